The Balaban J connectivity index is 2.44. The van der Waals surface area contributed by atoms with Gasteiger partial charge in [-0.1, -0.05) is 21.1 Å². The molecule has 0 saturated carbocycles. The van der Waals surface area contributed by atoms with Gasteiger partial charge in [0.15, 0.2) is 5.76 Å². The first-order valence-corrected chi connectivity index (χ1v) is 5.29. The summed E-state index contributed by atoms with van der Waals surface area (Å²) in [4.78, 5) is 0. The van der Waals surface area contributed by atoms with Gasteiger partial charge in [-0.2, -0.15) is 0 Å². The predicted octanol–water partition coefficient (Wildman–Crippen LogP) is 3.51. The lowest BCUT2D eigenvalue weighted by Crippen LogP contribution is -1.82. The highest BCUT2D eigenvalue weighted by Crippen LogP contribution is 2.23. The van der Waals surface area contributed by atoms with E-state index in [1.54, 1.807) is 6.07 Å². The molecule has 1 aromatic heterocycles. The van der Waals surface area contributed by atoms with Gasteiger partial charge >= 0.3 is 0 Å². The summed E-state index contributed by atoms with van der Waals surface area (Å²) >= 11 is 3.20. The van der Waals surface area contributed by atoms with Crippen LogP contribution in [0.5, 0.6) is 0 Å². The van der Waals surface area contributed by atoms with Gasteiger partial charge < -0.3 is 4.52 Å². The van der Waals surface area contributed by atoms with Crippen molar-refractivity contribution in [2.75, 3.05) is 0 Å². The predicted molar refractivity (Wildman–Crippen MR) is 54.5 cm³/mol. The summed E-state index contributed by atoms with van der Waals surface area (Å²) in [6.45, 7) is 0. The lowest BCUT2D eigenvalue weighted by molar-refractivity contribution is 0.426. The van der Waals surface area contributed by atoms with Gasteiger partial charge in [0.05, 0.1) is 5.69 Å². The first-order valence-electron chi connectivity index (χ1n) is 4.17. The molecule has 0 saturated heterocycles. The zero-order valence-electron chi connectivity index (χ0n) is 7.51. The number of aromatic nitrogens is 1. The van der Waals surface area contributed by atoms with Crippen molar-refractivity contribution in [3.8, 4) is 11.3 Å². The van der Waals surface area contributed by atoms with Crippen LogP contribution in [0.2, 0.25) is 0 Å². The molecule has 0 radical (unpaired) electrons. The highest BCUT2D eigenvalue weighted by atomic mass is 79.9. The number of halogens is 3. The van der Waals surface area contributed by atoms with Crippen molar-refractivity contribution in [2.45, 2.75) is 5.33 Å². The Kier molecular flexibility index (Phi) is 2.81. The van der Waals surface area contributed by atoms with Crippen molar-refractivity contribution in [2.24, 2.45) is 0 Å². The average Bonchev–Trinajstić information content (AvgIpc) is 2.64. The van der Waals surface area contributed by atoms with Crippen LogP contribution in [0.3, 0.4) is 0 Å². The third-order valence-electron chi connectivity index (χ3n) is 1.84. The fourth-order valence-electron chi connectivity index (χ4n) is 1.21. The first-order chi connectivity index (χ1) is 7.19. The molecule has 2 rings (SSSR count). The van der Waals surface area contributed by atoms with Gasteiger partial charge in [0.2, 0.25) is 0 Å². The molecule has 5 heteroatoms. The number of rotatable bonds is 2. The number of nitrogens with zero attached hydrogens (tertiary/aromatic N) is 1. The van der Waals surface area contributed by atoms with Crippen molar-refractivity contribution in [3.63, 3.8) is 0 Å². The Bertz CT molecular complexity index is 464. The summed E-state index contributed by atoms with van der Waals surface area (Å²) in [6, 6.07) is 4.83. The van der Waals surface area contributed by atoms with Gasteiger partial charge in [0, 0.05) is 23.0 Å². The highest BCUT2D eigenvalue weighted by molar-refractivity contribution is 9.08. The number of hydrogen-bond donors (Lipinski definition) is 0. The summed E-state index contributed by atoms with van der Waals surface area (Å²) < 4.78 is 30.7. The number of alkyl halides is 1. The lowest BCUT2D eigenvalue weighted by Gasteiger charge is -1.96. The van der Waals surface area contributed by atoms with Crippen LogP contribution in [0, 0.1) is 11.6 Å². The topological polar surface area (TPSA) is 26.0 Å². The molecule has 0 fully saturated rings. The molecule has 2 nitrogen and oxygen atoms in total. The van der Waals surface area contributed by atoms with E-state index in [0.717, 1.165) is 6.07 Å². The van der Waals surface area contributed by atoms with Gasteiger partial charge in [0.25, 0.3) is 0 Å². The summed E-state index contributed by atoms with van der Waals surface area (Å²) in [5, 5.41) is 4.24. The van der Waals surface area contributed by atoms with Crippen LogP contribution in [-0.4, -0.2) is 5.16 Å². The molecule has 0 N–H and O–H groups in total. The van der Waals surface area contributed by atoms with Gasteiger partial charge in [0.1, 0.15) is 11.6 Å². The maximum absolute atomic E-state index is 12.9. The van der Waals surface area contributed by atoms with Crippen LogP contribution in [-0.2, 0) is 5.33 Å². The van der Waals surface area contributed by atoms with E-state index in [1.807, 2.05) is 0 Å². The molecule has 1 heterocycles. The SMILES string of the molecule is Fc1cc(F)cc(-c2cc(CBr)no2)c1. The molecule has 1 aromatic carbocycles. The van der Waals surface area contributed by atoms with Crippen molar-refractivity contribution in [3.05, 3.63) is 41.6 Å². The molecular weight excluding hydrogens is 268 g/mol. The number of hydrogen-bond acceptors (Lipinski definition) is 2. The molecule has 0 unspecified atom stereocenters. The maximum Gasteiger partial charge on any atom is 0.167 e. The van der Waals surface area contributed by atoms with E-state index in [4.69, 9.17) is 4.52 Å². The summed E-state index contributed by atoms with van der Waals surface area (Å²) in [5.41, 5.74) is 1.02. The standard InChI is InChI=1S/C10H6BrF2NO/c11-5-9-4-10(15-14-9)6-1-7(12)3-8(13)2-6/h1-4H,5H2. The van der Waals surface area contributed by atoms with Crippen molar-refractivity contribution >= 4 is 15.9 Å². The molecule has 15 heavy (non-hydrogen) atoms. The monoisotopic (exact) mass is 273 g/mol. The van der Waals surface area contributed by atoms with Crippen LogP contribution in [0.25, 0.3) is 11.3 Å². The minimum absolute atomic E-state index is 0.340. The average molecular weight is 274 g/mol. The molecule has 0 aliphatic rings. The van der Waals surface area contributed by atoms with Gasteiger partial charge in [-0.15, -0.1) is 0 Å². The third kappa shape index (κ3) is 2.23. The Morgan fingerprint density at radius 1 is 1.13 bits per heavy atom. The van der Waals surface area contributed by atoms with E-state index >= 15 is 0 Å². The summed E-state index contributed by atoms with van der Waals surface area (Å²) in [6.07, 6.45) is 0. The first kappa shape index (κ1) is 10.3. The second-order valence-corrected chi connectivity index (χ2v) is 3.53. The highest BCUT2D eigenvalue weighted by Gasteiger charge is 2.08. The van der Waals surface area contributed by atoms with Crippen LogP contribution in [0.1, 0.15) is 5.69 Å². The van der Waals surface area contributed by atoms with Crippen LogP contribution in [0.4, 0.5) is 8.78 Å². The van der Waals surface area contributed by atoms with E-state index < -0.39 is 11.6 Å². The molecule has 0 spiro atoms. The maximum atomic E-state index is 12.9. The van der Waals surface area contributed by atoms with Gasteiger partial charge in [-0.05, 0) is 12.1 Å². The van der Waals surface area contributed by atoms with Gasteiger partial charge in [-0.3, -0.25) is 0 Å². The normalized spacial score (nSPS) is 10.6. The van der Waals surface area contributed by atoms with Gasteiger partial charge in [-0.25, -0.2) is 8.78 Å². The zero-order chi connectivity index (χ0) is 10.8. The molecule has 0 bridgehead atoms. The third-order valence-corrected chi connectivity index (χ3v) is 2.42. The summed E-state index contributed by atoms with van der Waals surface area (Å²) in [7, 11) is 0. The Labute approximate surface area is 93.0 Å². The van der Waals surface area contributed by atoms with Crippen LogP contribution in [0.15, 0.2) is 28.8 Å². The quantitative estimate of drug-likeness (QED) is 0.783. The minimum Gasteiger partial charge on any atom is -0.356 e. The molecule has 0 aliphatic carbocycles. The smallest absolute Gasteiger partial charge is 0.167 e. The summed E-state index contributed by atoms with van der Waals surface area (Å²) in [5.74, 6) is -0.925. The largest absolute Gasteiger partial charge is 0.356 e. The fraction of sp³-hybridized carbons (Fsp3) is 0.100. The molecule has 78 valence electrons. The second kappa shape index (κ2) is 4.10. The zero-order valence-corrected chi connectivity index (χ0v) is 9.09. The number of benzene rings is 1. The molecule has 0 amide bonds. The molecule has 0 aliphatic heterocycles. The Hall–Kier alpha value is -1.23. The second-order valence-electron chi connectivity index (χ2n) is 2.97. The van der Waals surface area contributed by atoms with Crippen molar-refractivity contribution < 1.29 is 13.3 Å². The van der Waals surface area contributed by atoms with E-state index in [1.165, 1.54) is 12.1 Å². The van der Waals surface area contributed by atoms with E-state index in [9.17, 15) is 8.78 Å². The van der Waals surface area contributed by atoms with Crippen molar-refractivity contribution in [1.29, 1.82) is 0 Å². The minimum atomic E-state index is -0.637. The Morgan fingerprint density at radius 2 is 1.80 bits per heavy atom. The molecule has 0 atom stereocenters. The van der Waals surface area contributed by atoms with E-state index in [0.29, 0.717) is 22.3 Å². The van der Waals surface area contributed by atoms with E-state index in [-0.39, 0.29) is 0 Å². The lowest BCUT2D eigenvalue weighted by atomic mass is 10.1. The van der Waals surface area contributed by atoms with E-state index in [2.05, 4.69) is 21.1 Å². The van der Waals surface area contributed by atoms with Crippen molar-refractivity contribution in [1.82, 2.24) is 5.16 Å². The molecular formula is C10H6BrF2NO. The molecule has 2 aromatic rings. The van der Waals surface area contributed by atoms with Crippen LogP contribution < -0.4 is 0 Å². The Morgan fingerprint density at radius 3 is 2.33 bits per heavy atom. The fourth-order valence-corrected chi connectivity index (χ4v) is 1.47. The van der Waals surface area contributed by atoms with Crippen LogP contribution >= 0.6 is 15.9 Å².